The third-order valence-corrected chi connectivity index (χ3v) is 11.0. The molecule has 0 aliphatic rings. The van der Waals surface area contributed by atoms with Crippen LogP contribution in [0.15, 0.2) is 217 Å². The van der Waals surface area contributed by atoms with E-state index in [-0.39, 0.29) is 0 Å². The Morgan fingerprint density at radius 3 is 1.72 bits per heavy atom. The zero-order valence-electron chi connectivity index (χ0n) is 31.0. The largest absolute Gasteiger partial charge is 0.436 e. The van der Waals surface area contributed by atoms with Gasteiger partial charge >= 0.3 is 0 Å². The highest BCUT2D eigenvalue weighted by atomic mass is 16.3. The molecule has 2 heterocycles. The Morgan fingerprint density at radius 1 is 0.421 bits per heavy atom. The topological polar surface area (TPSA) is 34.2 Å². The fourth-order valence-electron chi connectivity index (χ4n) is 8.35. The third-order valence-electron chi connectivity index (χ3n) is 11.0. The number of hydrogen-bond donors (Lipinski definition) is 0. The quantitative estimate of drug-likeness (QED) is 0.164. The van der Waals surface area contributed by atoms with E-state index in [2.05, 4.69) is 185 Å². The molecule has 0 saturated carbocycles. The molecule has 0 N–H and O–H groups in total. The Labute approximate surface area is 330 Å². The Kier molecular flexibility index (Phi) is 7.78. The number of oxazole rings is 1. The predicted molar refractivity (Wildman–Crippen MR) is 237 cm³/mol. The van der Waals surface area contributed by atoms with Crippen LogP contribution < -0.4 is 4.90 Å². The molecule has 57 heavy (non-hydrogen) atoms. The summed E-state index contributed by atoms with van der Waals surface area (Å²) in [6.07, 6.45) is 0. The van der Waals surface area contributed by atoms with Gasteiger partial charge in [-0.05, 0) is 107 Å². The van der Waals surface area contributed by atoms with Crippen LogP contribution in [0, 0.1) is 0 Å². The molecule has 4 heteroatoms. The van der Waals surface area contributed by atoms with E-state index >= 15 is 0 Å². The molecule has 0 saturated heterocycles. The van der Waals surface area contributed by atoms with E-state index in [0.717, 1.165) is 61.3 Å². The summed E-state index contributed by atoms with van der Waals surface area (Å²) in [6, 6.07) is 75.2. The number of rotatable bonds is 7. The van der Waals surface area contributed by atoms with Crippen molar-refractivity contribution in [3.63, 3.8) is 0 Å². The summed E-state index contributed by atoms with van der Waals surface area (Å²) in [5.74, 6) is 0.626. The monoisotopic (exact) mass is 729 g/mol. The molecule has 268 valence electrons. The van der Waals surface area contributed by atoms with Crippen molar-refractivity contribution in [2.45, 2.75) is 0 Å². The van der Waals surface area contributed by atoms with Gasteiger partial charge in [-0.1, -0.05) is 133 Å². The first-order valence-corrected chi connectivity index (χ1v) is 19.3. The van der Waals surface area contributed by atoms with Crippen LogP contribution in [0.4, 0.5) is 17.1 Å². The Hall–Kier alpha value is -7.69. The maximum absolute atomic E-state index is 6.30. The van der Waals surface area contributed by atoms with Crippen LogP contribution in [0.1, 0.15) is 0 Å². The van der Waals surface area contributed by atoms with E-state index in [1.165, 1.54) is 32.9 Å². The van der Waals surface area contributed by atoms with Gasteiger partial charge in [0, 0.05) is 44.5 Å². The standard InChI is InChI=1S/C53H35N3O/c1-3-13-36(14-4-1)40-18-11-19-44(35-40)55(42-30-32-43(33-31-42)56-48-23-9-7-20-46(48)47-21-8-10-24-49(47)56)41-28-25-37(26-29-41)45-22-12-17-38-27-34-50-52(51(38)45)54-53(57-50)39-15-5-2-6-16-39/h1-35H. The first-order chi connectivity index (χ1) is 28.3. The molecule has 0 atom stereocenters. The van der Waals surface area contributed by atoms with Crippen molar-refractivity contribution >= 4 is 60.7 Å². The molecule has 0 bridgehead atoms. The second kappa shape index (κ2) is 13.6. The fraction of sp³-hybridized carbons (Fsp3) is 0. The van der Waals surface area contributed by atoms with Crippen LogP contribution in [0.5, 0.6) is 0 Å². The van der Waals surface area contributed by atoms with E-state index in [1.807, 2.05) is 36.4 Å². The first-order valence-electron chi connectivity index (χ1n) is 19.3. The van der Waals surface area contributed by atoms with E-state index in [9.17, 15) is 0 Å². The lowest BCUT2D eigenvalue weighted by Gasteiger charge is -2.26. The third kappa shape index (κ3) is 5.66. The van der Waals surface area contributed by atoms with E-state index in [0.29, 0.717) is 5.89 Å². The lowest BCUT2D eigenvalue weighted by molar-refractivity contribution is 0.620. The highest BCUT2D eigenvalue weighted by molar-refractivity contribution is 6.12. The summed E-state index contributed by atoms with van der Waals surface area (Å²) in [6.45, 7) is 0. The summed E-state index contributed by atoms with van der Waals surface area (Å²) in [5, 5.41) is 4.72. The van der Waals surface area contributed by atoms with Crippen molar-refractivity contribution in [3.05, 3.63) is 212 Å². The van der Waals surface area contributed by atoms with Crippen LogP contribution >= 0.6 is 0 Å². The first kappa shape index (κ1) is 32.7. The number of para-hydroxylation sites is 2. The predicted octanol–water partition coefficient (Wildman–Crippen LogP) is 14.5. The van der Waals surface area contributed by atoms with Gasteiger partial charge in [-0.3, -0.25) is 0 Å². The Morgan fingerprint density at radius 2 is 1.02 bits per heavy atom. The van der Waals surface area contributed by atoms with Gasteiger partial charge in [-0.15, -0.1) is 0 Å². The van der Waals surface area contributed by atoms with Crippen molar-refractivity contribution in [2.75, 3.05) is 4.90 Å². The van der Waals surface area contributed by atoms with E-state index in [1.54, 1.807) is 0 Å². The van der Waals surface area contributed by atoms with Crippen molar-refractivity contribution in [1.29, 1.82) is 0 Å². The van der Waals surface area contributed by atoms with Crippen molar-refractivity contribution < 1.29 is 4.42 Å². The highest BCUT2D eigenvalue weighted by Crippen LogP contribution is 2.41. The average molecular weight is 730 g/mol. The van der Waals surface area contributed by atoms with E-state index < -0.39 is 0 Å². The number of fused-ring (bicyclic) bond motifs is 6. The number of aromatic nitrogens is 2. The summed E-state index contributed by atoms with van der Waals surface area (Å²) < 4.78 is 8.66. The molecule has 11 aromatic rings. The van der Waals surface area contributed by atoms with Gasteiger partial charge in [0.1, 0.15) is 5.52 Å². The van der Waals surface area contributed by atoms with Crippen molar-refractivity contribution in [2.24, 2.45) is 0 Å². The molecule has 0 aliphatic heterocycles. The van der Waals surface area contributed by atoms with Crippen LogP contribution in [0.2, 0.25) is 0 Å². The minimum Gasteiger partial charge on any atom is -0.436 e. The number of benzene rings is 9. The zero-order valence-corrected chi connectivity index (χ0v) is 31.0. The van der Waals surface area contributed by atoms with Crippen LogP contribution in [0.3, 0.4) is 0 Å². The van der Waals surface area contributed by atoms with Gasteiger partial charge in [-0.2, -0.15) is 0 Å². The summed E-state index contributed by atoms with van der Waals surface area (Å²) >= 11 is 0. The van der Waals surface area contributed by atoms with Gasteiger partial charge in [-0.25, -0.2) is 4.98 Å². The molecule has 0 aliphatic carbocycles. The maximum atomic E-state index is 6.30. The van der Waals surface area contributed by atoms with Gasteiger partial charge < -0.3 is 13.9 Å². The van der Waals surface area contributed by atoms with Crippen molar-refractivity contribution in [1.82, 2.24) is 9.55 Å². The smallest absolute Gasteiger partial charge is 0.227 e. The molecule has 2 aromatic heterocycles. The molecular weight excluding hydrogens is 695 g/mol. The van der Waals surface area contributed by atoms with E-state index in [4.69, 9.17) is 9.40 Å². The molecule has 9 aromatic carbocycles. The van der Waals surface area contributed by atoms with Gasteiger partial charge in [0.05, 0.1) is 11.0 Å². The lowest BCUT2D eigenvalue weighted by Crippen LogP contribution is -2.10. The SMILES string of the molecule is c1ccc(-c2cccc(N(c3ccc(-c4cccc5ccc6oc(-c7ccccc7)nc6c45)cc3)c3ccc(-n4c5ccccc5c5ccccc54)cc3)c2)cc1. The minimum absolute atomic E-state index is 0.626. The molecule has 0 fully saturated rings. The van der Waals surface area contributed by atoms with Crippen LogP contribution in [-0.4, -0.2) is 9.55 Å². The Balaban J connectivity index is 1.03. The molecule has 11 rings (SSSR count). The fourth-order valence-corrected chi connectivity index (χ4v) is 8.35. The van der Waals surface area contributed by atoms with Crippen molar-refractivity contribution in [3.8, 4) is 39.4 Å². The molecule has 0 spiro atoms. The summed E-state index contributed by atoms with van der Waals surface area (Å²) in [5.41, 5.74) is 13.9. The highest BCUT2D eigenvalue weighted by Gasteiger charge is 2.18. The number of nitrogens with zero attached hydrogens (tertiary/aromatic N) is 3. The van der Waals surface area contributed by atoms with Crippen LogP contribution in [0.25, 0.3) is 83.1 Å². The molecule has 4 nitrogen and oxygen atoms in total. The van der Waals surface area contributed by atoms with Gasteiger partial charge in [0.15, 0.2) is 5.58 Å². The van der Waals surface area contributed by atoms with Gasteiger partial charge in [0.2, 0.25) is 5.89 Å². The average Bonchev–Trinajstić information content (AvgIpc) is 3.88. The summed E-state index contributed by atoms with van der Waals surface area (Å²) in [4.78, 5) is 7.38. The minimum atomic E-state index is 0.626. The second-order valence-corrected chi connectivity index (χ2v) is 14.4. The van der Waals surface area contributed by atoms with Gasteiger partial charge in [0.25, 0.3) is 0 Å². The summed E-state index contributed by atoms with van der Waals surface area (Å²) in [7, 11) is 0. The normalized spacial score (nSPS) is 11.5. The number of hydrogen-bond acceptors (Lipinski definition) is 3. The zero-order chi connectivity index (χ0) is 37.7. The van der Waals surface area contributed by atoms with Crippen LogP contribution in [-0.2, 0) is 0 Å². The molecule has 0 amide bonds. The second-order valence-electron chi connectivity index (χ2n) is 14.4. The number of anilines is 3. The molecule has 0 unspecified atom stereocenters. The maximum Gasteiger partial charge on any atom is 0.227 e. The lowest BCUT2D eigenvalue weighted by atomic mass is 9.97. The Bertz CT molecular complexity index is 3160. The molecular formula is C53H35N3O. The molecule has 0 radical (unpaired) electrons.